The maximum absolute atomic E-state index is 12.6. The van der Waals surface area contributed by atoms with Gasteiger partial charge in [-0.25, -0.2) is 9.78 Å². The van der Waals surface area contributed by atoms with Crippen LogP contribution in [-0.2, 0) is 6.42 Å². The van der Waals surface area contributed by atoms with Gasteiger partial charge in [-0.2, -0.15) is 0 Å². The Kier molecular flexibility index (Phi) is 6.35. The minimum absolute atomic E-state index is 0.182. The van der Waals surface area contributed by atoms with Crippen LogP contribution in [-0.4, -0.2) is 27.4 Å². The van der Waals surface area contributed by atoms with Crippen LogP contribution in [0.15, 0.2) is 27.4 Å². The van der Waals surface area contributed by atoms with Crippen molar-refractivity contribution < 1.29 is 14.6 Å². The van der Waals surface area contributed by atoms with E-state index in [0.29, 0.717) is 53.2 Å². The zero-order chi connectivity index (χ0) is 26.1. The van der Waals surface area contributed by atoms with Crippen molar-refractivity contribution in [1.29, 1.82) is 0 Å². The first-order valence-electron chi connectivity index (χ1n) is 14.9. The van der Waals surface area contributed by atoms with Crippen LogP contribution >= 0.6 is 0 Å². The molecule has 5 heteroatoms. The molecule has 0 saturated heterocycles. The molecule has 2 N–H and O–H groups in total. The lowest BCUT2D eigenvalue weighted by molar-refractivity contribution is -0.174. The van der Waals surface area contributed by atoms with E-state index >= 15 is 0 Å². The third-order valence-electron chi connectivity index (χ3n) is 12.1. The third-order valence-corrected chi connectivity index (χ3v) is 12.1. The van der Waals surface area contributed by atoms with Crippen LogP contribution < -0.4 is 5.63 Å². The molecule has 0 bridgehead atoms. The van der Waals surface area contributed by atoms with Gasteiger partial charge in [-0.05, 0) is 123 Å². The second-order valence-electron chi connectivity index (χ2n) is 13.8. The molecule has 6 rings (SSSR count). The molecule has 1 heterocycles. The largest absolute Gasteiger partial charge is 0.408 e. The van der Waals surface area contributed by atoms with Gasteiger partial charge in [-0.3, -0.25) is 0 Å². The van der Waals surface area contributed by atoms with Gasteiger partial charge in [-0.15, -0.1) is 0 Å². The fourth-order valence-electron chi connectivity index (χ4n) is 10.2. The Morgan fingerprint density at radius 1 is 1.05 bits per heavy atom. The topological polar surface area (TPSA) is 83.6 Å². The van der Waals surface area contributed by atoms with E-state index in [1.54, 1.807) is 0 Å². The summed E-state index contributed by atoms with van der Waals surface area (Å²) in [5.41, 5.74) is 1.90. The summed E-state index contributed by atoms with van der Waals surface area (Å²) < 4.78 is 5.65. The predicted octanol–water partition coefficient (Wildman–Crippen LogP) is 6.06. The summed E-state index contributed by atoms with van der Waals surface area (Å²) in [6.07, 6.45) is 9.92. The molecular weight excluding hydrogens is 462 g/mol. The standard InChI is InChI=1S/C32H45NO4/c1-18(8-11-27-33-25-7-5-6-19(2)28(25)30(36)37-27)22-9-10-23-29-24(13-15-32(22,23)4)31(3)14-12-21(34)16-20(31)17-26(29)35/h5-7,18,20-24,26,29,34-35H,8-17H2,1-4H3/t18-,20+,21-,22-,23+,24?,26-,29+,31+,32-/m1/s1. The van der Waals surface area contributed by atoms with Gasteiger partial charge in [0.25, 0.3) is 0 Å². The smallest absolute Gasteiger partial charge is 0.347 e. The van der Waals surface area contributed by atoms with Crippen LogP contribution in [0.5, 0.6) is 0 Å². The molecule has 10 atom stereocenters. The Bertz CT molecular complexity index is 1220. The molecular formula is C32H45NO4. The molecule has 1 unspecified atom stereocenters. The summed E-state index contributed by atoms with van der Waals surface area (Å²) >= 11 is 0. The number of aliphatic hydroxyl groups is 2. The van der Waals surface area contributed by atoms with Crippen LogP contribution in [0, 0.1) is 53.3 Å². The summed E-state index contributed by atoms with van der Waals surface area (Å²) in [5.74, 6) is 3.72. The lowest BCUT2D eigenvalue weighted by Gasteiger charge is -2.62. The van der Waals surface area contributed by atoms with Crippen molar-refractivity contribution in [1.82, 2.24) is 4.98 Å². The van der Waals surface area contributed by atoms with Gasteiger partial charge >= 0.3 is 5.63 Å². The first-order valence-corrected chi connectivity index (χ1v) is 14.9. The number of hydrogen-bond donors (Lipinski definition) is 2. The van der Waals surface area contributed by atoms with Gasteiger partial charge in [0.2, 0.25) is 0 Å². The monoisotopic (exact) mass is 507 g/mol. The Hall–Kier alpha value is -1.72. The van der Waals surface area contributed by atoms with Crippen molar-refractivity contribution >= 4 is 10.9 Å². The summed E-state index contributed by atoms with van der Waals surface area (Å²) in [6.45, 7) is 9.31. The summed E-state index contributed by atoms with van der Waals surface area (Å²) in [7, 11) is 0. The van der Waals surface area contributed by atoms with E-state index in [4.69, 9.17) is 9.40 Å². The lowest BCUT2D eigenvalue weighted by atomic mass is 9.43. The second kappa shape index (κ2) is 9.19. The van der Waals surface area contributed by atoms with Crippen molar-refractivity contribution in [2.75, 3.05) is 0 Å². The average molecular weight is 508 g/mol. The molecule has 4 fully saturated rings. The number of fused-ring (bicyclic) bond motifs is 6. The summed E-state index contributed by atoms with van der Waals surface area (Å²) in [4.78, 5) is 17.3. The number of benzene rings is 1. The van der Waals surface area contributed by atoms with Crippen LogP contribution in [0.3, 0.4) is 0 Å². The molecule has 1 aromatic carbocycles. The fraction of sp³-hybridized carbons (Fsp3) is 0.750. The minimum atomic E-state index is -0.273. The van der Waals surface area contributed by atoms with Crippen LogP contribution in [0.4, 0.5) is 0 Å². The Morgan fingerprint density at radius 3 is 2.62 bits per heavy atom. The zero-order valence-electron chi connectivity index (χ0n) is 23.1. The molecule has 0 amide bonds. The molecule has 4 aliphatic carbocycles. The van der Waals surface area contributed by atoms with E-state index in [1.165, 1.54) is 25.7 Å². The summed E-state index contributed by atoms with van der Waals surface area (Å²) in [6, 6.07) is 5.78. The number of aromatic nitrogens is 1. The van der Waals surface area contributed by atoms with E-state index in [2.05, 4.69) is 20.8 Å². The molecule has 5 nitrogen and oxygen atoms in total. The van der Waals surface area contributed by atoms with Crippen molar-refractivity contribution in [3.63, 3.8) is 0 Å². The van der Waals surface area contributed by atoms with Crippen molar-refractivity contribution in [2.45, 2.75) is 104 Å². The molecule has 37 heavy (non-hydrogen) atoms. The number of rotatable bonds is 4. The number of hydrogen-bond acceptors (Lipinski definition) is 5. The molecule has 0 radical (unpaired) electrons. The minimum Gasteiger partial charge on any atom is -0.408 e. The Morgan fingerprint density at radius 2 is 1.81 bits per heavy atom. The van der Waals surface area contributed by atoms with Crippen LogP contribution in [0.1, 0.15) is 90.0 Å². The quantitative estimate of drug-likeness (QED) is 0.526. The number of aryl methyl sites for hydroxylation is 2. The van der Waals surface area contributed by atoms with Gasteiger partial charge < -0.3 is 14.6 Å². The fourth-order valence-corrected chi connectivity index (χ4v) is 10.2. The zero-order valence-corrected chi connectivity index (χ0v) is 23.1. The highest BCUT2D eigenvalue weighted by Gasteiger charge is 2.62. The van der Waals surface area contributed by atoms with Crippen LogP contribution in [0.2, 0.25) is 0 Å². The first-order chi connectivity index (χ1) is 17.6. The van der Waals surface area contributed by atoms with E-state index in [1.807, 2.05) is 25.1 Å². The number of nitrogens with zero attached hydrogens (tertiary/aromatic N) is 1. The van der Waals surface area contributed by atoms with Gasteiger partial charge in [0.15, 0.2) is 5.89 Å². The molecule has 4 aliphatic rings. The van der Waals surface area contributed by atoms with E-state index < -0.39 is 0 Å². The SMILES string of the molecule is Cc1cccc2nc(CC[C@@H](C)[C@H]3CC[C@H]4[C@H]5C(CC[C@]34C)[C@@]3(C)CC[C@@H](O)C[C@H]3C[C@H]5O)oc(=O)c12. The van der Waals surface area contributed by atoms with Gasteiger partial charge in [0.1, 0.15) is 0 Å². The highest BCUT2D eigenvalue weighted by Crippen LogP contribution is 2.68. The molecule has 1 aromatic heterocycles. The highest BCUT2D eigenvalue weighted by molar-refractivity contribution is 5.80. The van der Waals surface area contributed by atoms with Crippen molar-refractivity contribution in [3.05, 3.63) is 40.1 Å². The van der Waals surface area contributed by atoms with Gasteiger partial charge in [-0.1, -0.05) is 32.9 Å². The summed E-state index contributed by atoms with van der Waals surface area (Å²) in [5, 5.41) is 22.4. The molecule has 0 aliphatic heterocycles. The molecule has 2 aromatic rings. The predicted molar refractivity (Wildman–Crippen MR) is 145 cm³/mol. The highest BCUT2D eigenvalue weighted by atomic mass is 16.4. The average Bonchev–Trinajstić information content (AvgIpc) is 3.21. The maximum atomic E-state index is 12.6. The van der Waals surface area contributed by atoms with E-state index in [9.17, 15) is 15.0 Å². The van der Waals surface area contributed by atoms with E-state index in [-0.39, 0.29) is 28.7 Å². The van der Waals surface area contributed by atoms with Gasteiger partial charge in [0.05, 0.1) is 23.1 Å². The number of aliphatic hydroxyl groups excluding tert-OH is 2. The maximum Gasteiger partial charge on any atom is 0.347 e. The molecule has 4 saturated carbocycles. The van der Waals surface area contributed by atoms with Crippen LogP contribution in [0.25, 0.3) is 10.9 Å². The van der Waals surface area contributed by atoms with Crippen molar-refractivity contribution in [3.8, 4) is 0 Å². The third kappa shape index (κ3) is 4.02. The lowest BCUT2D eigenvalue weighted by Crippen LogP contribution is -2.58. The van der Waals surface area contributed by atoms with Crippen molar-refractivity contribution in [2.24, 2.45) is 46.3 Å². The molecule has 0 spiro atoms. The normalized spacial score (nSPS) is 42.2. The van der Waals surface area contributed by atoms with Gasteiger partial charge in [0, 0.05) is 6.42 Å². The Balaban J connectivity index is 1.18. The van der Waals surface area contributed by atoms with E-state index in [0.717, 1.165) is 43.2 Å². The Labute approximate surface area is 221 Å². The second-order valence-corrected chi connectivity index (χ2v) is 13.8. The molecule has 202 valence electrons. The first kappa shape index (κ1) is 25.6.